The number of nitrogens with zero attached hydrogens (tertiary/aromatic N) is 2. The van der Waals surface area contributed by atoms with Gasteiger partial charge >= 0.3 is 0 Å². The van der Waals surface area contributed by atoms with E-state index in [-0.39, 0.29) is 18.2 Å². The summed E-state index contributed by atoms with van der Waals surface area (Å²) in [5.41, 5.74) is 0.845. The van der Waals surface area contributed by atoms with Gasteiger partial charge in [0.15, 0.2) is 18.2 Å². The van der Waals surface area contributed by atoms with Crippen LogP contribution in [0.4, 0.5) is 8.78 Å². The average Bonchev–Trinajstić information content (AvgIpc) is 3.08. The topological polar surface area (TPSA) is 48.2 Å². The quantitative estimate of drug-likeness (QED) is 0.737. The molecule has 20 heavy (non-hydrogen) atoms. The first-order valence-electron chi connectivity index (χ1n) is 5.65. The maximum absolute atomic E-state index is 13.4. The molecule has 0 saturated heterocycles. The zero-order valence-electron chi connectivity index (χ0n) is 10.0. The van der Waals surface area contributed by atoms with Crippen molar-refractivity contribution in [2.24, 2.45) is 0 Å². The minimum atomic E-state index is -0.775. The number of rotatable bonds is 4. The summed E-state index contributed by atoms with van der Waals surface area (Å²) in [5.74, 6) is -0.837. The molecule has 1 aromatic carbocycles. The molecule has 0 N–H and O–H groups in total. The van der Waals surface area contributed by atoms with Crippen LogP contribution in [0.25, 0.3) is 11.4 Å². The highest BCUT2D eigenvalue weighted by Gasteiger charge is 2.11. The summed E-state index contributed by atoms with van der Waals surface area (Å²) in [6.45, 7) is -0.0836. The van der Waals surface area contributed by atoms with Gasteiger partial charge in [-0.1, -0.05) is 5.16 Å². The zero-order valence-corrected chi connectivity index (χ0v) is 10.9. The monoisotopic (exact) mass is 294 g/mol. The third kappa shape index (κ3) is 2.67. The smallest absolute Gasteiger partial charge is 0.264 e. The molecule has 0 saturated carbocycles. The SMILES string of the molecule is Fc1ccc(OCc2nc(-c3ccsc3)no2)c(F)c1. The van der Waals surface area contributed by atoms with Gasteiger partial charge in [-0.05, 0) is 23.6 Å². The summed E-state index contributed by atoms with van der Waals surface area (Å²) >= 11 is 1.52. The molecule has 3 aromatic rings. The van der Waals surface area contributed by atoms with E-state index in [9.17, 15) is 8.78 Å². The molecular weight excluding hydrogens is 286 g/mol. The number of thiophene rings is 1. The largest absolute Gasteiger partial charge is 0.481 e. The Morgan fingerprint density at radius 2 is 2.15 bits per heavy atom. The van der Waals surface area contributed by atoms with Gasteiger partial charge in [-0.2, -0.15) is 16.3 Å². The first-order valence-corrected chi connectivity index (χ1v) is 6.59. The van der Waals surface area contributed by atoms with Gasteiger partial charge in [0.25, 0.3) is 5.89 Å². The fraction of sp³-hybridized carbons (Fsp3) is 0.0769. The fourth-order valence-corrected chi connectivity index (χ4v) is 2.19. The number of hydrogen-bond donors (Lipinski definition) is 0. The molecule has 3 rings (SSSR count). The molecule has 7 heteroatoms. The van der Waals surface area contributed by atoms with E-state index in [1.165, 1.54) is 17.4 Å². The van der Waals surface area contributed by atoms with Gasteiger partial charge in [-0.15, -0.1) is 0 Å². The van der Waals surface area contributed by atoms with Crippen LogP contribution in [0.2, 0.25) is 0 Å². The molecule has 0 bridgehead atoms. The second-order valence-electron chi connectivity index (χ2n) is 3.89. The van der Waals surface area contributed by atoms with Crippen molar-refractivity contribution < 1.29 is 18.0 Å². The summed E-state index contributed by atoms with van der Waals surface area (Å²) in [4.78, 5) is 4.12. The number of ether oxygens (including phenoxy) is 1. The Labute approximate surface area is 116 Å². The first-order chi connectivity index (χ1) is 9.72. The van der Waals surface area contributed by atoms with E-state index in [0.717, 1.165) is 17.7 Å². The highest BCUT2D eigenvalue weighted by atomic mass is 32.1. The third-order valence-corrected chi connectivity index (χ3v) is 3.18. The third-order valence-electron chi connectivity index (χ3n) is 2.49. The Hall–Kier alpha value is -2.28. The van der Waals surface area contributed by atoms with E-state index in [4.69, 9.17) is 9.26 Å². The van der Waals surface area contributed by atoms with Crippen LogP contribution in [0.15, 0.2) is 39.5 Å². The molecule has 102 valence electrons. The van der Waals surface area contributed by atoms with E-state index < -0.39 is 11.6 Å². The Morgan fingerprint density at radius 1 is 1.25 bits per heavy atom. The molecule has 2 heterocycles. The average molecular weight is 294 g/mol. The predicted octanol–water partition coefficient (Wildman–Crippen LogP) is 3.66. The van der Waals surface area contributed by atoms with Gasteiger partial charge in [-0.25, -0.2) is 8.78 Å². The molecule has 0 spiro atoms. The van der Waals surface area contributed by atoms with Crippen molar-refractivity contribution in [3.8, 4) is 17.1 Å². The summed E-state index contributed by atoms with van der Waals surface area (Å²) in [6, 6.07) is 4.93. The lowest BCUT2D eigenvalue weighted by Gasteiger charge is -2.03. The van der Waals surface area contributed by atoms with E-state index in [0.29, 0.717) is 5.82 Å². The van der Waals surface area contributed by atoms with E-state index in [1.807, 2.05) is 16.8 Å². The van der Waals surface area contributed by atoms with Crippen LogP contribution >= 0.6 is 11.3 Å². The van der Waals surface area contributed by atoms with Crippen molar-refractivity contribution in [1.29, 1.82) is 0 Å². The van der Waals surface area contributed by atoms with Crippen molar-refractivity contribution in [3.63, 3.8) is 0 Å². The molecular formula is C13H8F2N2O2S. The molecule has 0 amide bonds. The molecule has 0 atom stereocenters. The summed E-state index contributed by atoms with van der Waals surface area (Å²) in [5, 5.41) is 7.58. The minimum absolute atomic E-state index is 0.0679. The molecule has 0 aliphatic rings. The van der Waals surface area contributed by atoms with Gasteiger partial charge < -0.3 is 9.26 Å². The lowest BCUT2D eigenvalue weighted by Crippen LogP contribution is -1.98. The second-order valence-corrected chi connectivity index (χ2v) is 4.67. The van der Waals surface area contributed by atoms with Gasteiger partial charge in [-0.3, -0.25) is 0 Å². The van der Waals surface area contributed by atoms with Crippen LogP contribution < -0.4 is 4.74 Å². The van der Waals surface area contributed by atoms with Gasteiger partial charge in [0, 0.05) is 17.0 Å². The van der Waals surface area contributed by atoms with Gasteiger partial charge in [0.1, 0.15) is 5.82 Å². The van der Waals surface area contributed by atoms with Crippen LogP contribution in [0.3, 0.4) is 0 Å². The Morgan fingerprint density at radius 3 is 2.90 bits per heavy atom. The van der Waals surface area contributed by atoms with Gasteiger partial charge in [0.2, 0.25) is 5.82 Å². The molecule has 4 nitrogen and oxygen atoms in total. The number of halogens is 2. The van der Waals surface area contributed by atoms with E-state index >= 15 is 0 Å². The highest BCUT2D eigenvalue weighted by molar-refractivity contribution is 7.08. The number of benzene rings is 1. The van der Waals surface area contributed by atoms with Crippen molar-refractivity contribution in [3.05, 3.63) is 52.6 Å². The normalized spacial score (nSPS) is 10.7. The number of aromatic nitrogens is 2. The molecule has 0 fully saturated rings. The van der Waals surface area contributed by atoms with Crippen molar-refractivity contribution in [2.75, 3.05) is 0 Å². The molecule has 0 unspecified atom stereocenters. The summed E-state index contributed by atoms with van der Waals surface area (Å²) in [7, 11) is 0. The minimum Gasteiger partial charge on any atom is -0.481 e. The number of hydrogen-bond acceptors (Lipinski definition) is 5. The summed E-state index contributed by atoms with van der Waals surface area (Å²) < 4.78 is 36.3. The van der Waals surface area contributed by atoms with Gasteiger partial charge in [0.05, 0.1) is 0 Å². The molecule has 2 aromatic heterocycles. The van der Waals surface area contributed by atoms with Crippen LogP contribution in [0, 0.1) is 11.6 Å². The van der Waals surface area contributed by atoms with Crippen LogP contribution in [-0.4, -0.2) is 10.1 Å². The van der Waals surface area contributed by atoms with Crippen LogP contribution in [0.5, 0.6) is 5.75 Å². The predicted molar refractivity (Wildman–Crippen MR) is 68.3 cm³/mol. The van der Waals surface area contributed by atoms with Crippen LogP contribution in [0.1, 0.15) is 5.89 Å². The Balaban J connectivity index is 1.70. The lowest BCUT2D eigenvalue weighted by atomic mass is 10.3. The molecule has 0 aliphatic carbocycles. The van der Waals surface area contributed by atoms with Crippen molar-refractivity contribution in [1.82, 2.24) is 10.1 Å². The van der Waals surface area contributed by atoms with Crippen molar-refractivity contribution in [2.45, 2.75) is 6.61 Å². The fourth-order valence-electron chi connectivity index (χ4n) is 1.55. The Kier molecular flexibility index (Phi) is 3.42. The lowest BCUT2D eigenvalue weighted by molar-refractivity contribution is 0.234. The Bertz CT molecular complexity index is 713. The first kappa shape index (κ1) is 12.7. The van der Waals surface area contributed by atoms with E-state index in [1.54, 1.807) is 0 Å². The van der Waals surface area contributed by atoms with Crippen molar-refractivity contribution >= 4 is 11.3 Å². The molecule has 0 aliphatic heterocycles. The maximum Gasteiger partial charge on any atom is 0.264 e. The highest BCUT2D eigenvalue weighted by Crippen LogP contribution is 2.21. The standard InChI is InChI=1S/C13H8F2N2O2S/c14-9-1-2-11(10(15)5-9)18-6-12-16-13(17-19-12)8-3-4-20-7-8/h1-5,7H,6H2. The van der Waals surface area contributed by atoms with Crippen LogP contribution in [-0.2, 0) is 6.61 Å². The second kappa shape index (κ2) is 5.38. The maximum atomic E-state index is 13.4. The van der Waals surface area contributed by atoms with E-state index in [2.05, 4.69) is 10.1 Å². The zero-order chi connectivity index (χ0) is 13.9. The summed E-state index contributed by atoms with van der Waals surface area (Å²) in [6.07, 6.45) is 0. The molecule has 0 radical (unpaired) electrons.